The predicted octanol–water partition coefficient (Wildman–Crippen LogP) is 0.735. The summed E-state index contributed by atoms with van der Waals surface area (Å²) in [5.74, 6) is 0.552. The number of amides is 1. The average molecular weight is 268 g/mol. The second kappa shape index (κ2) is 7.13. The molecule has 6 nitrogen and oxygen atoms in total. The van der Waals surface area contributed by atoms with Crippen LogP contribution in [-0.4, -0.2) is 28.8 Å². The van der Waals surface area contributed by atoms with Gasteiger partial charge in [-0.25, -0.2) is 4.68 Å². The van der Waals surface area contributed by atoms with Crippen LogP contribution in [0.15, 0.2) is 0 Å². The fourth-order valence-corrected chi connectivity index (χ4v) is 2.07. The Labute approximate surface area is 114 Å². The van der Waals surface area contributed by atoms with Crippen LogP contribution in [0.1, 0.15) is 37.9 Å². The Morgan fingerprint density at radius 1 is 1.53 bits per heavy atom. The fraction of sp³-hybridized carbons (Fsp3) is 0.692. The molecule has 0 aromatic carbocycles. The van der Waals surface area contributed by atoms with Gasteiger partial charge in [-0.15, -0.1) is 0 Å². The molecule has 3 N–H and O–H groups in total. The van der Waals surface area contributed by atoms with Crippen molar-refractivity contribution in [1.29, 1.82) is 0 Å². The molecular weight excluding hydrogens is 244 g/mol. The maximum Gasteiger partial charge on any atom is 0.237 e. The third kappa shape index (κ3) is 3.70. The van der Waals surface area contributed by atoms with Gasteiger partial charge in [-0.1, -0.05) is 20.3 Å². The van der Waals surface area contributed by atoms with Crippen molar-refractivity contribution in [2.24, 2.45) is 12.8 Å². The molecule has 108 valence electrons. The van der Waals surface area contributed by atoms with Gasteiger partial charge in [0.2, 0.25) is 11.8 Å². The zero-order valence-electron chi connectivity index (χ0n) is 12.2. The summed E-state index contributed by atoms with van der Waals surface area (Å²) in [6.07, 6.45) is 2.38. The second-order valence-electron chi connectivity index (χ2n) is 4.52. The summed E-state index contributed by atoms with van der Waals surface area (Å²) < 4.78 is 7.00. The van der Waals surface area contributed by atoms with Crippen LogP contribution >= 0.6 is 0 Å². The highest BCUT2D eigenvalue weighted by Gasteiger charge is 2.18. The summed E-state index contributed by atoms with van der Waals surface area (Å²) >= 11 is 0. The maximum absolute atomic E-state index is 11.8. The minimum Gasteiger partial charge on any atom is -0.481 e. The molecule has 0 saturated carbocycles. The topological polar surface area (TPSA) is 82.2 Å². The predicted molar refractivity (Wildman–Crippen MR) is 73.9 cm³/mol. The lowest BCUT2D eigenvalue weighted by atomic mass is 10.1. The normalized spacial score (nSPS) is 12.3. The number of hydrogen-bond donors (Lipinski definition) is 2. The molecule has 0 fully saturated rings. The first-order valence-corrected chi connectivity index (χ1v) is 6.67. The molecule has 0 saturated heterocycles. The van der Waals surface area contributed by atoms with E-state index in [1.165, 1.54) is 0 Å². The lowest BCUT2D eigenvalue weighted by molar-refractivity contribution is -0.122. The molecular formula is C13H24N4O2. The number of nitrogens with one attached hydrogen (secondary N) is 1. The Balaban J connectivity index is 2.74. The molecule has 1 rings (SSSR count). The van der Waals surface area contributed by atoms with E-state index in [0.717, 1.165) is 24.1 Å². The summed E-state index contributed by atoms with van der Waals surface area (Å²) in [6, 6.07) is -0.447. The highest BCUT2D eigenvalue weighted by atomic mass is 16.5. The number of ether oxygens (including phenoxy) is 1. The largest absolute Gasteiger partial charge is 0.481 e. The van der Waals surface area contributed by atoms with Crippen molar-refractivity contribution >= 4 is 5.91 Å². The van der Waals surface area contributed by atoms with E-state index in [9.17, 15) is 4.79 Å². The molecule has 1 atom stereocenters. The standard InChI is InChI=1S/C13H24N4O2/c1-5-7-10(14)12(18)15-8-9-11(6-2)16-17(3)13(9)19-4/h10H,5-8,14H2,1-4H3,(H,15,18). The highest BCUT2D eigenvalue weighted by molar-refractivity contribution is 5.81. The van der Waals surface area contributed by atoms with Gasteiger partial charge in [-0.3, -0.25) is 4.79 Å². The zero-order chi connectivity index (χ0) is 14.4. The Kier molecular flexibility index (Phi) is 5.82. The first-order valence-electron chi connectivity index (χ1n) is 6.67. The molecule has 1 unspecified atom stereocenters. The van der Waals surface area contributed by atoms with Crippen molar-refractivity contribution in [2.75, 3.05) is 7.11 Å². The van der Waals surface area contributed by atoms with Crippen molar-refractivity contribution in [3.8, 4) is 5.88 Å². The highest BCUT2D eigenvalue weighted by Crippen LogP contribution is 2.21. The minimum absolute atomic E-state index is 0.130. The Bertz CT molecular complexity index is 429. The third-order valence-electron chi connectivity index (χ3n) is 3.08. The number of rotatable bonds is 7. The van der Waals surface area contributed by atoms with E-state index >= 15 is 0 Å². The number of aryl methyl sites for hydroxylation is 2. The molecule has 0 aliphatic carbocycles. The molecule has 1 aromatic heterocycles. The van der Waals surface area contributed by atoms with E-state index in [0.29, 0.717) is 18.8 Å². The van der Waals surface area contributed by atoms with Gasteiger partial charge in [-0.2, -0.15) is 5.10 Å². The summed E-state index contributed by atoms with van der Waals surface area (Å²) in [4.78, 5) is 11.8. The molecule has 1 heterocycles. The van der Waals surface area contributed by atoms with Crippen molar-refractivity contribution in [1.82, 2.24) is 15.1 Å². The smallest absolute Gasteiger partial charge is 0.237 e. The fourth-order valence-electron chi connectivity index (χ4n) is 2.07. The lowest BCUT2D eigenvalue weighted by Gasteiger charge is -2.12. The van der Waals surface area contributed by atoms with Gasteiger partial charge in [0, 0.05) is 7.05 Å². The first-order chi connectivity index (χ1) is 9.04. The van der Waals surface area contributed by atoms with Crippen LogP contribution in [-0.2, 0) is 24.8 Å². The van der Waals surface area contributed by atoms with Crippen LogP contribution in [0, 0.1) is 0 Å². The molecule has 0 aliphatic rings. The molecule has 0 bridgehead atoms. The molecule has 0 radical (unpaired) electrons. The van der Waals surface area contributed by atoms with E-state index < -0.39 is 6.04 Å². The third-order valence-corrected chi connectivity index (χ3v) is 3.08. The number of methoxy groups -OCH3 is 1. The molecule has 0 spiro atoms. The number of carbonyl (C=O) groups is 1. The molecule has 1 aromatic rings. The van der Waals surface area contributed by atoms with Gasteiger partial charge in [0.05, 0.1) is 31.0 Å². The summed E-state index contributed by atoms with van der Waals surface area (Å²) in [7, 11) is 3.43. The first kappa shape index (κ1) is 15.5. The summed E-state index contributed by atoms with van der Waals surface area (Å²) in [5, 5.41) is 7.22. The van der Waals surface area contributed by atoms with Crippen molar-refractivity contribution < 1.29 is 9.53 Å². The van der Waals surface area contributed by atoms with Crippen LogP contribution in [0.2, 0.25) is 0 Å². The lowest BCUT2D eigenvalue weighted by Crippen LogP contribution is -2.40. The molecule has 1 amide bonds. The van der Waals surface area contributed by atoms with Gasteiger partial charge >= 0.3 is 0 Å². The Morgan fingerprint density at radius 2 is 2.21 bits per heavy atom. The number of carbonyl (C=O) groups excluding carboxylic acids is 1. The van der Waals surface area contributed by atoms with Crippen molar-refractivity contribution in [2.45, 2.75) is 45.7 Å². The Hall–Kier alpha value is -1.56. The van der Waals surface area contributed by atoms with Crippen LogP contribution in [0.4, 0.5) is 0 Å². The van der Waals surface area contributed by atoms with Crippen LogP contribution in [0.25, 0.3) is 0 Å². The number of hydrogen-bond acceptors (Lipinski definition) is 4. The average Bonchev–Trinajstić information content (AvgIpc) is 2.71. The SMILES string of the molecule is CCCC(N)C(=O)NCc1c(CC)nn(C)c1OC. The Morgan fingerprint density at radius 3 is 2.74 bits per heavy atom. The molecule has 0 aliphatic heterocycles. The van der Waals surface area contributed by atoms with E-state index in [4.69, 9.17) is 10.5 Å². The van der Waals surface area contributed by atoms with Crippen LogP contribution < -0.4 is 15.8 Å². The van der Waals surface area contributed by atoms with Crippen molar-refractivity contribution in [3.05, 3.63) is 11.3 Å². The summed E-state index contributed by atoms with van der Waals surface area (Å²) in [6.45, 7) is 4.43. The molecule has 19 heavy (non-hydrogen) atoms. The summed E-state index contributed by atoms with van der Waals surface area (Å²) in [5.41, 5.74) is 7.63. The number of aromatic nitrogens is 2. The van der Waals surface area contributed by atoms with E-state index in [1.54, 1.807) is 11.8 Å². The van der Waals surface area contributed by atoms with Crippen LogP contribution in [0.3, 0.4) is 0 Å². The van der Waals surface area contributed by atoms with Crippen molar-refractivity contribution in [3.63, 3.8) is 0 Å². The van der Waals surface area contributed by atoms with Gasteiger partial charge in [0.15, 0.2) is 0 Å². The number of nitrogens with zero attached hydrogens (tertiary/aromatic N) is 2. The number of nitrogens with two attached hydrogens (primary N) is 1. The monoisotopic (exact) mass is 268 g/mol. The second-order valence-corrected chi connectivity index (χ2v) is 4.52. The van der Waals surface area contributed by atoms with Gasteiger partial charge < -0.3 is 15.8 Å². The van der Waals surface area contributed by atoms with Gasteiger partial charge in [0.1, 0.15) is 0 Å². The maximum atomic E-state index is 11.8. The van der Waals surface area contributed by atoms with Crippen LogP contribution in [0.5, 0.6) is 5.88 Å². The van der Waals surface area contributed by atoms with Gasteiger partial charge in [-0.05, 0) is 12.8 Å². The van der Waals surface area contributed by atoms with E-state index in [2.05, 4.69) is 10.4 Å². The quantitative estimate of drug-likeness (QED) is 0.764. The van der Waals surface area contributed by atoms with Gasteiger partial charge in [0.25, 0.3) is 0 Å². The minimum atomic E-state index is -0.447. The zero-order valence-corrected chi connectivity index (χ0v) is 12.2. The van der Waals surface area contributed by atoms with E-state index in [-0.39, 0.29) is 5.91 Å². The van der Waals surface area contributed by atoms with E-state index in [1.807, 2.05) is 20.9 Å². The molecule has 6 heteroatoms.